The van der Waals surface area contributed by atoms with E-state index in [0.717, 1.165) is 24.3 Å². The monoisotopic (exact) mass is 345 g/mol. The smallest absolute Gasteiger partial charge is 0.230 e. The van der Waals surface area contributed by atoms with E-state index in [-0.39, 0.29) is 5.91 Å². The van der Waals surface area contributed by atoms with Crippen LogP contribution in [0.5, 0.6) is 0 Å². The van der Waals surface area contributed by atoms with Crippen molar-refractivity contribution in [3.05, 3.63) is 30.3 Å². The van der Waals surface area contributed by atoms with Crippen molar-refractivity contribution in [3.63, 3.8) is 0 Å². The predicted molar refractivity (Wildman–Crippen MR) is 95.9 cm³/mol. The minimum absolute atomic E-state index is 0.0313. The van der Waals surface area contributed by atoms with Crippen molar-refractivity contribution in [1.29, 1.82) is 0 Å². The van der Waals surface area contributed by atoms with E-state index in [1.54, 1.807) is 0 Å². The number of nitrogens with two attached hydrogens (primary N) is 1. The lowest BCUT2D eigenvalue weighted by atomic mass is 9.87. The summed E-state index contributed by atoms with van der Waals surface area (Å²) in [6.45, 7) is 2.27. The summed E-state index contributed by atoms with van der Waals surface area (Å²) < 4.78 is 1.44. The number of nitrogen functional groups attached to an aromatic ring is 1. The Hall–Kier alpha value is -2.02. The summed E-state index contributed by atoms with van der Waals surface area (Å²) in [6.07, 6.45) is 4.52. The van der Waals surface area contributed by atoms with Gasteiger partial charge in [-0.25, -0.2) is 4.68 Å². The number of aromatic nitrogens is 3. The summed E-state index contributed by atoms with van der Waals surface area (Å²) in [4.78, 5) is 12.1. The highest BCUT2D eigenvalue weighted by Gasteiger charge is 2.20. The van der Waals surface area contributed by atoms with Crippen LogP contribution in [0.25, 0.3) is 11.4 Å². The summed E-state index contributed by atoms with van der Waals surface area (Å²) in [5.41, 5.74) is 0.903. The average molecular weight is 345 g/mol. The molecule has 128 valence electrons. The highest BCUT2D eigenvalue weighted by atomic mass is 32.2. The molecule has 2 aromatic rings. The zero-order valence-corrected chi connectivity index (χ0v) is 14.6. The first-order valence-electron chi connectivity index (χ1n) is 8.31. The van der Waals surface area contributed by atoms with Gasteiger partial charge in [0.15, 0.2) is 5.82 Å². The summed E-state index contributed by atoms with van der Waals surface area (Å²) in [6, 6.07) is 9.96. The number of hydrogen-bond acceptors (Lipinski definition) is 5. The molecule has 1 fully saturated rings. The molecule has 0 saturated heterocycles. The number of carbonyl (C=O) groups is 1. The second kappa shape index (κ2) is 7.70. The molecular formula is C17H23N5OS. The van der Waals surface area contributed by atoms with Crippen LogP contribution in [-0.2, 0) is 4.79 Å². The number of nitrogens with one attached hydrogen (secondary N) is 1. The molecule has 3 N–H and O–H groups in total. The standard InChI is InChI=1S/C17H23N5OS/c1-12-7-9-14(10-8-12)19-15(23)11-24-17-21-20-16(22(17)18)13-5-3-2-4-6-13/h2-6,12,14H,7-11,18H2,1H3,(H,19,23). The Bertz CT molecular complexity index is 680. The van der Waals surface area contributed by atoms with Crippen LogP contribution in [0.4, 0.5) is 0 Å². The first kappa shape index (κ1) is 16.8. The number of rotatable bonds is 5. The molecule has 3 rings (SSSR count). The van der Waals surface area contributed by atoms with E-state index in [9.17, 15) is 4.79 Å². The summed E-state index contributed by atoms with van der Waals surface area (Å²) >= 11 is 1.31. The number of nitrogens with zero attached hydrogens (tertiary/aromatic N) is 3. The van der Waals surface area contributed by atoms with Crippen molar-refractivity contribution in [1.82, 2.24) is 20.2 Å². The van der Waals surface area contributed by atoms with Crippen LogP contribution in [0.3, 0.4) is 0 Å². The van der Waals surface area contributed by atoms with Gasteiger partial charge in [0.25, 0.3) is 0 Å². The number of hydrogen-bond donors (Lipinski definition) is 2. The first-order chi connectivity index (χ1) is 11.6. The lowest BCUT2D eigenvalue weighted by molar-refractivity contribution is -0.119. The van der Waals surface area contributed by atoms with Gasteiger partial charge in [0.1, 0.15) is 0 Å². The van der Waals surface area contributed by atoms with E-state index in [0.29, 0.717) is 22.8 Å². The van der Waals surface area contributed by atoms with E-state index in [2.05, 4.69) is 22.4 Å². The molecule has 0 bridgehead atoms. The van der Waals surface area contributed by atoms with Crippen LogP contribution < -0.4 is 11.2 Å². The molecule has 1 heterocycles. The second-order valence-electron chi connectivity index (χ2n) is 6.36. The summed E-state index contributed by atoms with van der Waals surface area (Å²) in [7, 11) is 0. The Morgan fingerprint density at radius 1 is 1.25 bits per heavy atom. The number of thioether (sulfide) groups is 1. The largest absolute Gasteiger partial charge is 0.353 e. The molecule has 0 unspecified atom stereocenters. The van der Waals surface area contributed by atoms with Crippen molar-refractivity contribution in [3.8, 4) is 11.4 Å². The third kappa shape index (κ3) is 4.08. The zero-order chi connectivity index (χ0) is 16.9. The van der Waals surface area contributed by atoms with Crippen LogP contribution in [0.1, 0.15) is 32.6 Å². The van der Waals surface area contributed by atoms with Crippen LogP contribution >= 0.6 is 11.8 Å². The fraction of sp³-hybridized carbons (Fsp3) is 0.471. The number of carbonyl (C=O) groups excluding carboxylic acids is 1. The molecular weight excluding hydrogens is 322 g/mol. The fourth-order valence-electron chi connectivity index (χ4n) is 2.96. The van der Waals surface area contributed by atoms with Gasteiger partial charge in [-0.1, -0.05) is 49.0 Å². The van der Waals surface area contributed by atoms with Crippen molar-refractivity contribution >= 4 is 17.7 Å². The normalized spacial score (nSPS) is 20.7. The summed E-state index contributed by atoms with van der Waals surface area (Å²) in [5.74, 6) is 7.77. The van der Waals surface area contributed by atoms with Gasteiger partial charge in [-0.3, -0.25) is 4.79 Å². The molecule has 6 nitrogen and oxygen atoms in total. The average Bonchev–Trinajstić information content (AvgIpc) is 2.97. The predicted octanol–water partition coefficient (Wildman–Crippen LogP) is 2.45. The van der Waals surface area contributed by atoms with E-state index < -0.39 is 0 Å². The SMILES string of the molecule is CC1CCC(NC(=O)CSc2nnc(-c3ccccc3)n2N)CC1. The van der Waals surface area contributed by atoms with E-state index >= 15 is 0 Å². The molecule has 1 aliphatic rings. The van der Waals surface area contributed by atoms with Crippen molar-refractivity contribution in [2.45, 2.75) is 43.8 Å². The van der Waals surface area contributed by atoms with Crippen molar-refractivity contribution in [2.24, 2.45) is 5.92 Å². The second-order valence-corrected chi connectivity index (χ2v) is 7.30. The summed E-state index contributed by atoms with van der Waals surface area (Å²) in [5, 5.41) is 11.9. The Labute approximate surface area is 146 Å². The van der Waals surface area contributed by atoms with Crippen molar-refractivity contribution < 1.29 is 4.79 Å². The maximum absolute atomic E-state index is 12.1. The topological polar surface area (TPSA) is 85.8 Å². The Balaban J connectivity index is 1.53. The first-order valence-corrected chi connectivity index (χ1v) is 9.30. The van der Waals surface area contributed by atoms with Crippen LogP contribution in [0, 0.1) is 5.92 Å². The molecule has 1 aromatic heterocycles. The molecule has 0 atom stereocenters. The Kier molecular flexibility index (Phi) is 5.40. The maximum Gasteiger partial charge on any atom is 0.230 e. The van der Waals surface area contributed by atoms with Gasteiger partial charge in [-0.2, -0.15) is 0 Å². The quantitative estimate of drug-likeness (QED) is 0.642. The van der Waals surface area contributed by atoms with Crippen LogP contribution in [0.2, 0.25) is 0 Å². The number of benzene rings is 1. The van der Waals surface area contributed by atoms with Crippen LogP contribution in [-0.4, -0.2) is 32.6 Å². The molecule has 1 aromatic carbocycles. The Morgan fingerprint density at radius 2 is 1.96 bits per heavy atom. The molecule has 1 saturated carbocycles. The molecule has 24 heavy (non-hydrogen) atoms. The lowest BCUT2D eigenvalue weighted by Crippen LogP contribution is -2.38. The molecule has 0 spiro atoms. The van der Waals surface area contributed by atoms with Crippen LogP contribution in [0.15, 0.2) is 35.5 Å². The highest BCUT2D eigenvalue weighted by molar-refractivity contribution is 7.99. The molecule has 1 amide bonds. The minimum Gasteiger partial charge on any atom is -0.353 e. The minimum atomic E-state index is 0.0313. The number of amides is 1. The lowest BCUT2D eigenvalue weighted by Gasteiger charge is -2.26. The van der Waals surface area contributed by atoms with Gasteiger partial charge in [0.2, 0.25) is 11.1 Å². The molecule has 0 aliphatic heterocycles. The molecule has 1 aliphatic carbocycles. The van der Waals surface area contributed by atoms with Crippen molar-refractivity contribution in [2.75, 3.05) is 11.6 Å². The van der Waals surface area contributed by atoms with E-state index in [1.165, 1.54) is 29.3 Å². The van der Waals surface area contributed by atoms with Gasteiger partial charge in [0, 0.05) is 11.6 Å². The van der Waals surface area contributed by atoms with Gasteiger partial charge < -0.3 is 11.2 Å². The van der Waals surface area contributed by atoms with Gasteiger partial charge >= 0.3 is 0 Å². The van der Waals surface area contributed by atoms with E-state index in [4.69, 9.17) is 5.84 Å². The van der Waals surface area contributed by atoms with Gasteiger partial charge in [-0.05, 0) is 31.6 Å². The fourth-order valence-corrected chi connectivity index (χ4v) is 3.63. The van der Waals surface area contributed by atoms with Gasteiger partial charge in [0.05, 0.1) is 5.75 Å². The zero-order valence-electron chi connectivity index (χ0n) is 13.8. The third-order valence-corrected chi connectivity index (χ3v) is 5.35. The third-order valence-electron chi connectivity index (χ3n) is 4.41. The highest BCUT2D eigenvalue weighted by Crippen LogP contribution is 2.24. The maximum atomic E-state index is 12.1. The van der Waals surface area contributed by atoms with E-state index in [1.807, 2.05) is 30.3 Å². The molecule has 0 radical (unpaired) electrons. The Morgan fingerprint density at radius 3 is 2.67 bits per heavy atom. The van der Waals surface area contributed by atoms with Gasteiger partial charge in [-0.15, -0.1) is 10.2 Å². The molecule has 7 heteroatoms.